The summed E-state index contributed by atoms with van der Waals surface area (Å²) in [7, 11) is 0. The van der Waals surface area contributed by atoms with Crippen molar-refractivity contribution in [2.24, 2.45) is 0 Å². The van der Waals surface area contributed by atoms with Crippen LogP contribution in [-0.4, -0.2) is 37.2 Å². The Labute approximate surface area is 383 Å². The van der Waals surface area contributed by atoms with Gasteiger partial charge in [-0.15, -0.1) is 0 Å². The lowest BCUT2D eigenvalue weighted by Crippen LogP contribution is -2.30. The smallest absolute Gasteiger partial charge is 0.306 e. The zero-order chi connectivity index (χ0) is 45.1. The Morgan fingerprint density at radius 2 is 0.629 bits per heavy atom. The Bertz CT molecular complexity index is 1130. The maximum Gasteiger partial charge on any atom is 0.306 e. The summed E-state index contributed by atoms with van der Waals surface area (Å²) in [6.07, 6.45) is 62.1. The second-order valence-corrected chi connectivity index (χ2v) is 17.4. The van der Waals surface area contributed by atoms with Crippen LogP contribution in [0, 0.1) is 0 Å². The van der Waals surface area contributed by atoms with E-state index < -0.39 is 6.10 Å². The van der Waals surface area contributed by atoms with Gasteiger partial charge in [0.15, 0.2) is 6.10 Å². The van der Waals surface area contributed by atoms with Crippen LogP contribution in [0.1, 0.15) is 258 Å². The van der Waals surface area contributed by atoms with Crippen molar-refractivity contribution in [3.63, 3.8) is 0 Å². The Kier molecular flexibility index (Phi) is 48.4. The molecule has 0 N–H and O–H groups in total. The first-order chi connectivity index (χ1) is 30.5. The van der Waals surface area contributed by atoms with Crippen molar-refractivity contribution in [2.75, 3.05) is 13.2 Å². The Morgan fingerprint density at radius 1 is 0.339 bits per heavy atom. The Hall–Kier alpha value is -2.89. The average molecular weight is 867 g/mol. The van der Waals surface area contributed by atoms with Crippen molar-refractivity contribution >= 4 is 17.9 Å². The zero-order valence-corrected chi connectivity index (χ0v) is 40.9. The molecule has 0 aliphatic heterocycles. The predicted octanol–water partition coefficient (Wildman–Crippen LogP) is 17.3. The molecule has 6 heteroatoms. The fraction of sp³-hybridized carbons (Fsp3) is 0.768. The summed E-state index contributed by atoms with van der Waals surface area (Å²) in [6.45, 7) is 6.48. The lowest BCUT2D eigenvalue weighted by atomic mass is 10.1. The van der Waals surface area contributed by atoms with E-state index in [0.29, 0.717) is 19.3 Å². The third-order valence-electron chi connectivity index (χ3n) is 11.2. The van der Waals surface area contributed by atoms with Gasteiger partial charge in [0, 0.05) is 19.3 Å². The predicted molar refractivity (Wildman–Crippen MR) is 265 cm³/mol. The summed E-state index contributed by atoms with van der Waals surface area (Å²) < 4.78 is 16.8. The van der Waals surface area contributed by atoms with Crippen LogP contribution in [0.25, 0.3) is 0 Å². The average Bonchev–Trinajstić information content (AvgIpc) is 3.27. The fourth-order valence-electron chi connectivity index (χ4n) is 7.27. The van der Waals surface area contributed by atoms with Gasteiger partial charge in [0.2, 0.25) is 0 Å². The van der Waals surface area contributed by atoms with Gasteiger partial charge in [-0.3, -0.25) is 14.4 Å². The molecular formula is C56H98O6. The van der Waals surface area contributed by atoms with E-state index in [1.807, 2.05) is 0 Å². The third-order valence-corrected chi connectivity index (χ3v) is 11.2. The van der Waals surface area contributed by atoms with Gasteiger partial charge < -0.3 is 14.2 Å². The number of carbonyl (C=O) groups is 3. The van der Waals surface area contributed by atoms with Crippen LogP contribution >= 0.6 is 0 Å². The lowest BCUT2D eigenvalue weighted by Gasteiger charge is -2.18. The van der Waals surface area contributed by atoms with Crippen LogP contribution in [0.4, 0.5) is 0 Å². The first-order valence-corrected chi connectivity index (χ1v) is 26.3. The van der Waals surface area contributed by atoms with E-state index in [2.05, 4.69) is 81.5 Å². The topological polar surface area (TPSA) is 78.9 Å². The molecule has 1 unspecified atom stereocenters. The van der Waals surface area contributed by atoms with Gasteiger partial charge in [0.1, 0.15) is 13.2 Å². The third kappa shape index (κ3) is 48.1. The van der Waals surface area contributed by atoms with E-state index >= 15 is 0 Å². The molecule has 0 rings (SSSR count). The highest BCUT2D eigenvalue weighted by molar-refractivity contribution is 5.71. The molecule has 0 aromatic carbocycles. The molecule has 358 valence electrons. The number of allylic oxidation sites excluding steroid dienone is 10. The number of esters is 3. The van der Waals surface area contributed by atoms with E-state index in [1.54, 1.807) is 0 Å². The Morgan fingerprint density at radius 3 is 1.03 bits per heavy atom. The summed E-state index contributed by atoms with van der Waals surface area (Å²) in [5.74, 6) is -0.929. The van der Waals surface area contributed by atoms with E-state index in [1.165, 1.54) is 128 Å². The molecule has 0 aromatic heterocycles. The first-order valence-electron chi connectivity index (χ1n) is 26.3. The molecular weight excluding hydrogens is 769 g/mol. The van der Waals surface area contributed by atoms with E-state index in [4.69, 9.17) is 14.2 Å². The molecule has 0 saturated heterocycles. The highest BCUT2D eigenvalue weighted by atomic mass is 16.6. The van der Waals surface area contributed by atoms with Crippen LogP contribution in [-0.2, 0) is 28.6 Å². The molecule has 1 atom stereocenters. The molecule has 0 radical (unpaired) electrons. The van der Waals surface area contributed by atoms with Gasteiger partial charge in [-0.1, -0.05) is 197 Å². The number of unbranched alkanes of at least 4 members (excludes halogenated alkanes) is 26. The number of hydrogen-bond donors (Lipinski definition) is 0. The Balaban J connectivity index is 4.39. The number of carbonyl (C=O) groups excluding carboxylic acids is 3. The molecule has 0 aliphatic carbocycles. The van der Waals surface area contributed by atoms with Crippen LogP contribution < -0.4 is 0 Å². The summed E-state index contributed by atoms with van der Waals surface area (Å²) in [4.78, 5) is 38.0. The standard InChI is InChI=1S/C56H98O6/c1-4-7-10-13-16-19-22-25-26-27-28-29-32-34-37-40-43-46-49-55(58)61-52-53(62-56(59)50-47-44-41-38-35-31-24-21-18-15-12-9-6-3)51-60-54(57)48-45-42-39-36-33-30-23-20-17-14-11-8-5-2/h9,12,18,20-21,23,26-27,31,35,53H,4-8,10-11,13-17,19,22,24-25,28-30,32-34,36-52H2,1-3H3/b12-9-,21-18-,23-20-,27-26-,35-31-. The van der Waals surface area contributed by atoms with E-state index in [-0.39, 0.29) is 31.1 Å². The van der Waals surface area contributed by atoms with Crippen LogP contribution in [0.15, 0.2) is 60.8 Å². The number of rotatable bonds is 47. The quantitative estimate of drug-likeness (QED) is 0.0262. The number of ether oxygens (including phenoxy) is 3. The zero-order valence-electron chi connectivity index (χ0n) is 40.9. The molecule has 0 fully saturated rings. The largest absolute Gasteiger partial charge is 0.462 e. The van der Waals surface area contributed by atoms with Crippen molar-refractivity contribution in [3.05, 3.63) is 60.8 Å². The van der Waals surface area contributed by atoms with Crippen molar-refractivity contribution in [1.82, 2.24) is 0 Å². The second-order valence-electron chi connectivity index (χ2n) is 17.4. The van der Waals surface area contributed by atoms with Crippen molar-refractivity contribution in [1.29, 1.82) is 0 Å². The highest BCUT2D eigenvalue weighted by Crippen LogP contribution is 2.14. The molecule has 0 heterocycles. The molecule has 6 nitrogen and oxygen atoms in total. The van der Waals surface area contributed by atoms with Gasteiger partial charge >= 0.3 is 17.9 Å². The molecule has 62 heavy (non-hydrogen) atoms. The maximum atomic E-state index is 12.8. The normalized spacial score (nSPS) is 12.5. The summed E-state index contributed by atoms with van der Waals surface area (Å²) in [5.41, 5.74) is 0. The van der Waals surface area contributed by atoms with Crippen LogP contribution in [0.2, 0.25) is 0 Å². The fourth-order valence-corrected chi connectivity index (χ4v) is 7.27. The lowest BCUT2D eigenvalue weighted by molar-refractivity contribution is -0.167. The molecule has 0 saturated carbocycles. The monoisotopic (exact) mass is 867 g/mol. The maximum absolute atomic E-state index is 12.8. The molecule has 0 aromatic rings. The number of hydrogen-bond acceptors (Lipinski definition) is 6. The summed E-state index contributed by atoms with van der Waals surface area (Å²) >= 11 is 0. The SMILES string of the molecule is CC/C=C\C/C=C\C/C=C\CCCCCC(=O)OC(COC(=O)CCCCCCC/C=C\CCCCCC)COC(=O)CCCCCCCCC/C=C\CCCCCCCCC. The van der Waals surface area contributed by atoms with Crippen molar-refractivity contribution < 1.29 is 28.6 Å². The van der Waals surface area contributed by atoms with Crippen molar-refractivity contribution in [3.8, 4) is 0 Å². The second kappa shape index (κ2) is 50.8. The van der Waals surface area contributed by atoms with E-state index in [0.717, 1.165) is 89.9 Å². The van der Waals surface area contributed by atoms with Crippen molar-refractivity contribution in [2.45, 2.75) is 264 Å². The van der Waals surface area contributed by atoms with E-state index in [9.17, 15) is 14.4 Å². The molecule has 0 amide bonds. The molecule has 0 aliphatic rings. The van der Waals surface area contributed by atoms with Gasteiger partial charge in [-0.2, -0.15) is 0 Å². The van der Waals surface area contributed by atoms with Crippen LogP contribution in [0.5, 0.6) is 0 Å². The first kappa shape index (κ1) is 59.1. The minimum absolute atomic E-state index is 0.0906. The van der Waals surface area contributed by atoms with Gasteiger partial charge in [-0.05, 0) is 103 Å². The molecule has 0 bridgehead atoms. The van der Waals surface area contributed by atoms with Crippen LogP contribution in [0.3, 0.4) is 0 Å². The summed E-state index contributed by atoms with van der Waals surface area (Å²) in [5, 5.41) is 0. The summed E-state index contributed by atoms with van der Waals surface area (Å²) in [6, 6.07) is 0. The van der Waals surface area contributed by atoms with Gasteiger partial charge in [0.05, 0.1) is 0 Å². The van der Waals surface area contributed by atoms with Gasteiger partial charge in [-0.25, -0.2) is 0 Å². The minimum atomic E-state index is -0.793. The highest BCUT2D eigenvalue weighted by Gasteiger charge is 2.19. The molecule has 0 spiro atoms. The minimum Gasteiger partial charge on any atom is -0.462 e. The van der Waals surface area contributed by atoms with Gasteiger partial charge in [0.25, 0.3) is 0 Å².